The summed E-state index contributed by atoms with van der Waals surface area (Å²) in [6.45, 7) is 6.16. The van der Waals surface area contributed by atoms with E-state index in [0.29, 0.717) is 0 Å². The summed E-state index contributed by atoms with van der Waals surface area (Å²) in [6, 6.07) is 4.77. The predicted octanol–water partition coefficient (Wildman–Crippen LogP) is 3.44. The first-order valence-electron chi connectivity index (χ1n) is 6.47. The van der Waals surface area contributed by atoms with Gasteiger partial charge in [-0.2, -0.15) is 0 Å². The van der Waals surface area contributed by atoms with Crippen molar-refractivity contribution in [3.63, 3.8) is 0 Å². The Kier molecular flexibility index (Phi) is 3.42. The number of rotatable bonds is 2. The van der Waals surface area contributed by atoms with E-state index in [1.54, 1.807) is 12.1 Å². The highest BCUT2D eigenvalue weighted by Crippen LogP contribution is 2.37. The average molecular weight is 249 g/mol. The maximum Gasteiger partial charge on any atom is 0.254 e. The van der Waals surface area contributed by atoms with Crippen LogP contribution in [-0.2, 0) is 0 Å². The summed E-state index contributed by atoms with van der Waals surface area (Å²) in [4.78, 5) is 12.1. The van der Waals surface area contributed by atoms with E-state index < -0.39 is 5.82 Å². The van der Waals surface area contributed by atoms with E-state index in [1.807, 2.05) is 6.92 Å². The molecule has 98 valence electrons. The zero-order valence-corrected chi connectivity index (χ0v) is 11.2. The number of amides is 1. The second-order valence-electron chi connectivity index (χ2n) is 5.89. The van der Waals surface area contributed by atoms with Gasteiger partial charge < -0.3 is 5.32 Å². The summed E-state index contributed by atoms with van der Waals surface area (Å²) in [5, 5.41) is 2.97. The van der Waals surface area contributed by atoms with Crippen LogP contribution >= 0.6 is 0 Å². The molecule has 0 heterocycles. The van der Waals surface area contributed by atoms with E-state index >= 15 is 0 Å². The summed E-state index contributed by atoms with van der Waals surface area (Å²) in [7, 11) is 0. The molecule has 1 N–H and O–H groups in total. The van der Waals surface area contributed by atoms with E-state index in [0.717, 1.165) is 24.8 Å². The van der Waals surface area contributed by atoms with Crippen LogP contribution in [0.4, 0.5) is 4.39 Å². The van der Waals surface area contributed by atoms with Gasteiger partial charge in [-0.05, 0) is 37.3 Å². The lowest BCUT2D eigenvalue weighted by Crippen LogP contribution is -2.41. The van der Waals surface area contributed by atoms with Gasteiger partial charge in [0.05, 0.1) is 5.56 Å². The van der Waals surface area contributed by atoms with Crippen LogP contribution in [0, 0.1) is 18.2 Å². The van der Waals surface area contributed by atoms with Crippen molar-refractivity contribution in [2.75, 3.05) is 0 Å². The van der Waals surface area contributed by atoms with Crippen LogP contribution < -0.4 is 5.32 Å². The van der Waals surface area contributed by atoms with Crippen molar-refractivity contribution in [2.24, 2.45) is 5.41 Å². The molecular weight excluding hydrogens is 229 g/mol. The third kappa shape index (κ3) is 2.55. The SMILES string of the molecule is Cc1ccc(F)c(C(=O)NC2CCCC2(C)C)c1. The molecule has 0 spiro atoms. The molecule has 1 unspecified atom stereocenters. The minimum atomic E-state index is -0.450. The van der Waals surface area contributed by atoms with Gasteiger partial charge in [-0.25, -0.2) is 4.39 Å². The number of carbonyl (C=O) groups is 1. The van der Waals surface area contributed by atoms with Crippen molar-refractivity contribution in [3.8, 4) is 0 Å². The molecular formula is C15H20FNO. The highest BCUT2D eigenvalue weighted by molar-refractivity contribution is 5.94. The molecule has 1 aliphatic carbocycles. The van der Waals surface area contributed by atoms with Crippen LogP contribution in [0.1, 0.15) is 49.0 Å². The number of benzene rings is 1. The van der Waals surface area contributed by atoms with E-state index in [-0.39, 0.29) is 22.9 Å². The Labute approximate surface area is 108 Å². The molecule has 2 nitrogen and oxygen atoms in total. The van der Waals surface area contributed by atoms with Crippen molar-refractivity contribution >= 4 is 5.91 Å². The number of hydrogen-bond acceptors (Lipinski definition) is 1. The van der Waals surface area contributed by atoms with Gasteiger partial charge >= 0.3 is 0 Å². The zero-order chi connectivity index (χ0) is 13.3. The molecule has 0 radical (unpaired) electrons. The highest BCUT2D eigenvalue weighted by atomic mass is 19.1. The normalized spacial score (nSPS) is 21.9. The molecule has 0 aliphatic heterocycles. The van der Waals surface area contributed by atoms with Gasteiger partial charge in [0.1, 0.15) is 5.82 Å². The number of hydrogen-bond donors (Lipinski definition) is 1. The second-order valence-corrected chi connectivity index (χ2v) is 5.89. The first-order chi connectivity index (χ1) is 8.40. The van der Waals surface area contributed by atoms with Crippen LogP contribution in [0.15, 0.2) is 18.2 Å². The van der Waals surface area contributed by atoms with E-state index in [9.17, 15) is 9.18 Å². The maximum atomic E-state index is 13.6. The minimum Gasteiger partial charge on any atom is -0.349 e. The Morgan fingerprint density at radius 2 is 2.17 bits per heavy atom. The Balaban J connectivity index is 2.15. The van der Waals surface area contributed by atoms with Gasteiger partial charge in [-0.3, -0.25) is 4.79 Å². The molecule has 1 aromatic carbocycles. The molecule has 0 bridgehead atoms. The molecule has 1 amide bonds. The summed E-state index contributed by atoms with van der Waals surface area (Å²) in [5.41, 5.74) is 1.15. The van der Waals surface area contributed by atoms with Gasteiger partial charge in [-0.1, -0.05) is 31.9 Å². The van der Waals surface area contributed by atoms with Gasteiger partial charge in [-0.15, -0.1) is 0 Å². The fourth-order valence-corrected chi connectivity index (χ4v) is 2.64. The molecule has 1 fully saturated rings. The van der Waals surface area contributed by atoms with Crippen molar-refractivity contribution in [1.29, 1.82) is 0 Å². The van der Waals surface area contributed by atoms with E-state index in [4.69, 9.17) is 0 Å². The molecule has 0 saturated heterocycles. The Bertz CT molecular complexity index is 468. The third-order valence-electron chi connectivity index (χ3n) is 3.93. The first-order valence-corrected chi connectivity index (χ1v) is 6.47. The number of carbonyl (C=O) groups excluding carboxylic acids is 1. The molecule has 1 aliphatic rings. The van der Waals surface area contributed by atoms with Crippen molar-refractivity contribution < 1.29 is 9.18 Å². The molecule has 18 heavy (non-hydrogen) atoms. The monoisotopic (exact) mass is 249 g/mol. The fourth-order valence-electron chi connectivity index (χ4n) is 2.64. The topological polar surface area (TPSA) is 29.1 Å². The molecule has 1 atom stereocenters. The van der Waals surface area contributed by atoms with Crippen molar-refractivity contribution in [3.05, 3.63) is 35.1 Å². The lowest BCUT2D eigenvalue weighted by atomic mass is 9.87. The summed E-state index contributed by atoms with van der Waals surface area (Å²) in [5.74, 6) is -0.745. The molecule has 3 heteroatoms. The Hall–Kier alpha value is -1.38. The summed E-state index contributed by atoms with van der Waals surface area (Å²) >= 11 is 0. The number of nitrogens with one attached hydrogen (secondary N) is 1. The quantitative estimate of drug-likeness (QED) is 0.854. The predicted molar refractivity (Wildman–Crippen MR) is 70.0 cm³/mol. The Morgan fingerprint density at radius 1 is 1.44 bits per heavy atom. The smallest absolute Gasteiger partial charge is 0.254 e. The largest absolute Gasteiger partial charge is 0.349 e. The zero-order valence-electron chi connectivity index (χ0n) is 11.2. The molecule has 1 saturated carbocycles. The van der Waals surface area contributed by atoms with Crippen LogP contribution in [0.5, 0.6) is 0 Å². The van der Waals surface area contributed by atoms with E-state index in [1.165, 1.54) is 6.07 Å². The maximum absolute atomic E-state index is 13.6. The highest BCUT2D eigenvalue weighted by Gasteiger charge is 2.35. The minimum absolute atomic E-state index is 0.107. The number of halogens is 1. The summed E-state index contributed by atoms with van der Waals surface area (Å²) in [6.07, 6.45) is 3.20. The lowest BCUT2D eigenvalue weighted by Gasteiger charge is -2.27. The van der Waals surface area contributed by atoms with Crippen molar-refractivity contribution in [2.45, 2.75) is 46.1 Å². The number of aryl methyl sites for hydroxylation is 1. The molecule has 0 aromatic heterocycles. The van der Waals surface area contributed by atoms with Gasteiger partial charge in [0, 0.05) is 6.04 Å². The van der Waals surface area contributed by atoms with Gasteiger partial charge in [0.15, 0.2) is 0 Å². The third-order valence-corrected chi connectivity index (χ3v) is 3.93. The molecule has 1 aromatic rings. The van der Waals surface area contributed by atoms with Crippen molar-refractivity contribution in [1.82, 2.24) is 5.32 Å². The standard InChI is InChI=1S/C15H20FNO/c1-10-6-7-12(16)11(9-10)14(18)17-13-5-4-8-15(13,2)3/h6-7,9,13H,4-5,8H2,1-3H3,(H,17,18). The molecule has 2 rings (SSSR count). The Morgan fingerprint density at radius 3 is 2.78 bits per heavy atom. The average Bonchev–Trinajstić information content (AvgIpc) is 2.62. The van der Waals surface area contributed by atoms with Crippen LogP contribution in [0.2, 0.25) is 0 Å². The van der Waals surface area contributed by atoms with Crippen LogP contribution in [0.3, 0.4) is 0 Å². The second kappa shape index (κ2) is 4.71. The first kappa shape index (κ1) is 13.1. The van der Waals surface area contributed by atoms with Crippen LogP contribution in [-0.4, -0.2) is 11.9 Å². The summed E-state index contributed by atoms with van der Waals surface area (Å²) < 4.78 is 13.6. The van der Waals surface area contributed by atoms with Gasteiger partial charge in [0.25, 0.3) is 5.91 Å². The fraction of sp³-hybridized carbons (Fsp3) is 0.533. The lowest BCUT2D eigenvalue weighted by molar-refractivity contribution is 0.0906. The van der Waals surface area contributed by atoms with Crippen LogP contribution in [0.25, 0.3) is 0 Å². The van der Waals surface area contributed by atoms with Gasteiger partial charge in [0.2, 0.25) is 0 Å². The van der Waals surface area contributed by atoms with E-state index in [2.05, 4.69) is 19.2 Å².